The summed E-state index contributed by atoms with van der Waals surface area (Å²) in [4.78, 5) is 12.2. The van der Waals surface area contributed by atoms with Crippen LogP contribution >= 0.6 is 0 Å². The Labute approximate surface area is 125 Å². The summed E-state index contributed by atoms with van der Waals surface area (Å²) in [6.07, 6.45) is 0. The Bertz CT molecular complexity index is 612. The molecule has 4 heteroatoms. The summed E-state index contributed by atoms with van der Waals surface area (Å²) in [6, 6.07) is 17.1. The minimum absolute atomic E-state index is 0.266. The number of hydrogen-bond donors (Lipinski definition) is 3. The summed E-state index contributed by atoms with van der Waals surface area (Å²) in [5, 5.41) is 5.79. The molecule has 0 heterocycles. The van der Waals surface area contributed by atoms with Crippen LogP contribution in [0.1, 0.15) is 18.1 Å². The number of urea groups is 1. The fourth-order valence-electron chi connectivity index (χ4n) is 2.18. The molecular formula is C17H21N3O. The van der Waals surface area contributed by atoms with Gasteiger partial charge in [-0.1, -0.05) is 42.5 Å². The molecule has 0 aliphatic heterocycles. The van der Waals surface area contributed by atoms with Gasteiger partial charge in [-0.3, -0.25) is 0 Å². The van der Waals surface area contributed by atoms with E-state index in [-0.39, 0.29) is 6.03 Å². The maximum atomic E-state index is 12.2. The highest BCUT2D eigenvalue weighted by atomic mass is 16.2. The van der Waals surface area contributed by atoms with E-state index in [0.717, 1.165) is 16.8 Å². The largest absolute Gasteiger partial charge is 0.328 e. The Hall–Kier alpha value is -2.33. The van der Waals surface area contributed by atoms with Gasteiger partial charge >= 0.3 is 6.03 Å². The maximum absolute atomic E-state index is 12.2. The second-order valence-corrected chi connectivity index (χ2v) is 5.35. The summed E-state index contributed by atoms with van der Waals surface area (Å²) < 4.78 is 0. The molecule has 2 rings (SSSR count). The van der Waals surface area contributed by atoms with Crippen molar-refractivity contribution in [3.05, 3.63) is 65.7 Å². The number of hydrogen-bond acceptors (Lipinski definition) is 2. The number of nitrogens with one attached hydrogen (secondary N) is 2. The van der Waals surface area contributed by atoms with Crippen molar-refractivity contribution in [3.63, 3.8) is 0 Å². The third-order valence-corrected chi connectivity index (χ3v) is 3.48. The lowest BCUT2D eigenvalue weighted by Crippen LogP contribution is -2.50. The molecule has 0 radical (unpaired) electrons. The fraction of sp³-hybridized carbons (Fsp3) is 0.235. The van der Waals surface area contributed by atoms with Gasteiger partial charge < -0.3 is 16.4 Å². The average Bonchev–Trinajstić information content (AvgIpc) is 2.48. The number of amides is 2. The molecule has 0 saturated heterocycles. The number of anilines is 1. The number of aryl methyl sites for hydroxylation is 1. The monoisotopic (exact) mass is 283 g/mol. The molecule has 0 aromatic heterocycles. The summed E-state index contributed by atoms with van der Waals surface area (Å²) >= 11 is 0. The van der Waals surface area contributed by atoms with Crippen LogP contribution in [0.25, 0.3) is 0 Å². The third-order valence-electron chi connectivity index (χ3n) is 3.48. The molecule has 110 valence electrons. The van der Waals surface area contributed by atoms with Gasteiger partial charge in [0.05, 0.1) is 5.54 Å². The average molecular weight is 283 g/mol. The van der Waals surface area contributed by atoms with E-state index in [9.17, 15) is 4.79 Å². The van der Waals surface area contributed by atoms with E-state index in [1.807, 2.05) is 68.4 Å². The van der Waals surface area contributed by atoms with Gasteiger partial charge in [-0.25, -0.2) is 4.79 Å². The van der Waals surface area contributed by atoms with Crippen LogP contribution in [0.5, 0.6) is 0 Å². The predicted octanol–water partition coefficient (Wildman–Crippen LogP) is 2.99. The van der Waals surface area contributed by atoms with Crippen molar-refractivity contribution in [1.29, 1.82) is 0 Å². The van der Waals surface area contributed by atoms with Gasteiger partial charge in [-0.15, -0.1) is 0 Å². The molecule has 4 nitrogen and oxygen atoms in total. The standard InChI is InChI=1S/C17H21N3O/c1-13-7-6-10-15(11-13)19-16(21)20-17(2,12-18)14-8-4-3-5-9-14/h3-11H,12,18H2,1-2H3,(H2,19,20,21). The molecule has 2 amide bonds. The van der Waals surface area contributed by atoms with E-state index in [0.29, 0.717) is 6.54 Å². The summed E-state index contributed by atoms with van der Waals surface area (Å²) in [5.74, 6) is 0. The van der Waals surface area contributed by atoms with E-state index < -0.39 is 5.54 Å². The first-order valence-electron chi connectivity index (χ1n) is 6.95. The van der Waals surface area contributed by atoms with Crippen molar-refractivity contribution in [2.75, 3.05) is 11.9 Å². The van der Waals surface area contributed by atoms with Gasteiger partial charge in [0.1, 0.15) is 0 Å². The molecule has 0 aliphatic carbocycles. The summed E-state index contributed by atoms with van der Waals surface area (Å²) in [5.41, 5.74) is 8.10. The quantitative estimate of drug-likeness (QED) is 0.807. The van der Waals surface area contributed by atoms with Crippen molar-refractivity contribution in [1.82, 2.24) is 5.32 Å². The zero-order valence-corrected chi connectivity index (χ0v) is 12.4. The topological polar surface area (TPSA) is 67.2 Å². The zero-order valence-electron chi connectivity index (χ0n) is 12.4. The van der Waals surface area contributed by atoms with Gasteiger partial charge in [-0.05, 0) is 37.1 Å². The first-order chi connectivity index (χ1) is 10.0. The van der Waals surface area contributed by atoms with Crippen molar-refractivity contribution in [2.45, 2.75) is 19.4 Å². The number of benzene rings is 2. The van der Waals surface area contributed by atoms with Crippen LogP contribution in [-0.2, 0) is 5.54 Å². The van der Waals surface area contributed by atoms with Crippen molar-refractivity contribution >= 4 is 11.7 Å². The molecule has 0 fully saturated rings. The zero-order chi connectivity index (χ0) is 15.3. The lowest BCUT2D eigenvalue weighted by Gasteiger charge is -2.30. The first-order valence-corrected chi connectivity index (χ1v) is 6.95. The predicted molar refractivity (Wildman–Crippen MR) is 86.2 cm³/mol. The second-order valence-electron chi connectivity index (χ2n) is 5.35. The molecule has 0 aliphatic rings. The van der Waals surface area contributed by atoms with Crippen LogP contribution in [0, 0.1) is 6.92 Å². The normalized spacial score (nSPS) is 13.3. The van der Waals surface area contributed by atoms with Crippen molar-refractivity contribution < 1.29 is 4.79 Å². The molecule has 1 atom stereocenters. The second kappa shape index (κ2) is 6.41. The Kier molecular flexibility index (Phi) is 4.60. The summed E-state index contributed by atoms with van der Waals surface area (Å²) in [6.45, 7) is 4.22. The van der Waals surface area contributed by atoms with Gasteiger partial charge in [0.15, 0.2) is 0 Å². The Morgan fingerprint density at radius 3 is 2.48 bits per heavy atom. The molecule has 1 unspecified atom stereocenters. The summed E-state index contributed by atoms with van der Waals surface area (Å²) in [7, 11) is 0. The lowest BCUT2D eigenvalue weighted by molar-refractivity contribution is 0.240. The van der Waals surface area contributed by atoms with Gasteiger partial charge in [0, 0.05) is 12.2 Å². The minimum Gasteiger partial charge on any atom is -0.328 e. The number of rotatable bonds is 4. The van der Waals surface area contributed by atoms with Crippen molar-refractivity contribution in [2.24, 2.45) is 5.73 Å². The number of carbonyl (C=O) groups is 1. The Morgan fingerprint density at radius 2 is 1.86 bits per heavy atom. The van der Waals surface area contributed by atoms with Crippen molar-refractivity contribution in [3.8, 4) is 0 Å². The smallest absolute Gasteiger partial charge is 0.319 e. The van der Waals surface area contributed by atoms with Crippen LogP contribution in [0.3, 0.4) is 0 Å². The van der Waals surface area contributed by atoms with E-state index in [1.54, 1.807) is 0 Å². The Balaban J connectivity index is 2.10. The van der Waals surface area contributed by atoms with E-state index >= 15 is 0 Å². The molecule has 21 heavy (non-hydrogen) atoms. The minimum atomic E-state index is -0.602. The molecular weight excluding hydrogens is 262 g/mol. The highest BCUT2D eigenvalue weighted by Gasteiger charge is 2.26. The van der Waals surface area contributed by atoms with Crippen LogP contribution in [0.4, 0.5) is 10.5 Å². The van der Waals surface area contributed by atoms with Crippen LogP contribution in [0.2, 0.25) is 0 Å². The molecule has 0 spiro atoms. The van der Waals surface area contributed by atoms with Crippen LogP contribution in [0.15, 0.2) is 54.6 Å². The molecule has 0 saturated carbocycles. The van der Waals surface area contributed by atoms with E-state index in [4.69, 9.17) is 5.73 Å². The lowest BCUT2D eigenvalue weighted by atomic mass is 9.92. The fourth-order valence-corrected chi connectivity index (χ4v) is 2.18. The molecule has 2 aromatic rings. The van der Waals surface area contributed by atoms with Gasteiger partial charge in [0.25, 0.3) is 0 Å². The number of carbonyl (C=O) groups excluding carboxylic acids is 1. The Morgan fingerprint density at radius 1 is 1.14 bits per heavy atom. The third kappa shape index (κ3) is 3.83. The van der Waals surface area contributed by atoms with E-state index in [2.05, 4.69) is 10.6 Å². The van der Waals surface area contributed by atoms with Crippen LogP contribution in [-0.4, -0.2) is 12.6 Å². The molecule has 0 bridgehead atoms. The highest BCUT2D eigenvalue weighted by molar-refractivity contribution is 5.90. The highest BCUT2D eigenvalue weighted by Crippen LogP contribution is 2.19. The maximum Gasteiger partial charge on any atom is 0.319 e. The first kappa shape index (κ1) is 15.1. The molecule has 2 aromatic carbocycles. The molecule has 4 N–H and O–H groups in total. The van der Waals surface area contributed by atoms with Gasteiger partial charge in [-0.2, -0.15) is 0 Å². The SMILES string of the molecule is Cc1cccc(NC(=O)NC(C)(CN)c2ccccc2)c1. The van der Waals surface area contributed by atoms with E-state index in [1.165, 1.54) is 0 Å². The van der Waals surface area contributed by atoms with Crippen LogP contribution < -0.4 is 16.4 Å². The van der Waals surface area contributed by atoms with Gasteiger partial charge in [0.2, 0.25) is 0 Å². The number of nitrogens with two attached hydrogens (primary N) is 1.